The standard InChI is InChI=1S/2C11H11NO4.C3H6.C2H2O4.Pt/c2*13-7(14)4-12-10(15)8-5-1-2-6(3-5)9(8)11(12)16;1-3-2;3-1(4)2(5)6;/h2*1-2,5-6,8-9H,3-4H2,(H,13,14);1-3H2;(H,3,4)(H,5,6);/q;;-2;;+2. The van der Waals surface area contributed by atoms with Gasteiger partial charge in [0, 0.05) is 0 Å². The molecule has 2 heterocycles. The van der Waals surface area contributed by atoms with Crippen molar-refractivity contribution in [2.75, 3.05) is 13.1 Å². The number of carboxylic acid groups (broad SMARTS) is 4. The molecule has 15 heteroatoms. The van der Waals surface area contributed by atoms with Crippen molar-refractivity contribution in [3.8, 4) is 0 Å². The first-order valence-electron chi connectivity index (χ1n) is 12.8. The normalized spacial score (nSPS) is 31.7. The van der Waals surface area contributed by atoms with Crippen LogP contribution in [0.25, 0.3) is 0 Å². The van der Waals surface area contributed by atoms with E-state index >= 15 is 0 Å². The van der Waals surface area contributed by atoms with Gasteiger partial charge in [-0.05, 0) is 36.5 Å². The van der Waals surface area contributed by atoms with Gasteiger partial charge in [-0.1, -0.05) is 24.3 Å². The van der Waals surface area contributed by atoms with E-state index < -0.39 is 37.0 Å². The molecule has 0 aromatic carbocycles. The summed E-state index contributed by atoms with van der Waals surface area (Å²) in [6, 6.07) is 0. The van der Waals surface area contributed by atoms with Gasteiger partial charge in [-0.3, -0.25) is 38.6 Å². The van der Waals surface area contributed by atoms with Crippen molar-refractivity contribution in [2.24, 2.45) is 47.3 Å². The van der Waals surface area contributed by atoms with E-state index in [9.17, 15) is 28.8 Å². The summed E-state index contributed by atoms with van der Waals surface area (Å²) in [5.74, 6) is -7.70. The molecule has 2 aliphatic heterocycles. The maximum absolute atomic E-state index is 11.9. The minimum atomic E-state index is -1.82. The van der Waals surface area contributed by atoms with Crippen molar-refractivity contribution in [3.63, 3.8) is 0 Å². The summed E-state index contributed by atoms with van der Waals surface area (Å²) in [5.41, 5.74) is 0. The molecule has 0 aromatic rings. The van der Waals surface area contributed by atoms with Gasteiger partial charge in [0.15, 0.2) is 0 Å². The summed E-state index contributed by atoms with van der Waals surface area (Å²) >= 11 is 0. The molecule has 4 fully saturated rings. The maximum Gasteiger partial charge on any atom is 2.00 e. The Morgan fingerprint density at radius 2 is 0.810 bits per heavy atom. The molecule has 0 spiro atoms. The van der Waals surface area contributed by atoms with Crippen LogP contribution in [-0.4, -0.2) is 90.8 Å². The van der Waals surface area contributed by atoms with Gasteiger partial charge in [-0.2, -0.15) is 0 Å². The summed E-state index contributed by atoms with van der Waals surface area (Å²) in [6.07, 6.45) is 10.4. The molecule has 8 unspecified atom stereocenters. The zero-order valence-corrected chi connectivity index (χ0v) is 24.4. The fourth-order valence-corrected chi connectivity index (χ4v) is 6.51. The van der Waals surface area contributed by atoms with E-state index in [4.69, 9.17) is 30.0 Å². The zero-order chi connectivity index (χ0) is 30.8. The monoisotopic (exact) mass is 769 g/mol. The number of hydrogen-bond acceptors (Lipinski definition) is 8. The molecule has 230 valence electrons. The van der Waals surface area contributed by atoms with Gasteiger partial charge in [0.25, 0.3) is 0 Å². The number of imide groups is 2. The molecule has 0 aromatic heterocycles. The first-order valence-corrected chi connectivity index (χ1v) is 12.8. The average molecular weight is 770 g/mol. The number of fused-ring (bicyclic) bond motifs is 10. The number of carbonyl (C=O) groups excluding carboxylic acids is 4. The average Bonchev–Trinajstić information content (AvgIpc) is 3.73. The first-order chi connectivity index (χ1) is 19.2. The van der Waals surface area contributed by atoms with Crippen LogP contribution in [-0.2, 0) is 59.4 Å². The predicted molar refractivity (Wildman–Crippen MR) is 135 cm³/mol. The number of amides is 4. The van der Waals surface area contributed by atoms with Crippen molar-refractivity contribution in [2.45, 2.75) is 19.3 Å². The third-order valence-corrected chi connectivity index (χ3v) is 7.89. The molecule has 14 nitrogen and oxygen atoms in total. The Morgan fingerprint density at radius 1 is 0.595 bits per heavy atom. The molecule has 2 saturated carbocycles. The van der Waals surface area contributed by atoms with E-state index in [2.05, 4.69) is 13.8 Å². The Labute approximate surface area is 254 Å². The quantitative estimate of drug-likeness (QED) is 0.128. The Balaban J connectivity index is 0.000000226. The SMILES string of the molecule is O=C(O)C(=O)O.O=C(O)CN1C(=O)C2C3C=CC(C3)C2C1=O.O=C(O)CN1C(=O)C2C3C=CC(C3)C2C1=O.[CH2-]C[CH2-].[Pt+2]. The van der Waals surface area contributed by atoms with Gasteiger partial charge in [-0.15, -0.1) is 0 Å². The van der Waals surface area contributed by atoms with E-state index in [0.29, 0.717) is 0 Å². The van der Waals surface area contributed by atoms with Crippen LogP contribution in [0.1, 0.15) is 19.3 Å². The zero-order valence-electron chi connectivity index (χ0n) is 22.1. The van der Waals surface area contributed by atoms with E-state index in [1.54, 1.807) is 0 Å². The Morgan fingerprint density at radius 3 is 0.976 bits per heavy atom. The summed E-state index contributed by atoms with van der Waals surface area (Å²) in [7, 11) is 0. The molecule has 4 aliphatic carbocycles. The molecule has 8 atom stereocenters. The van der Waals surface area contributed by atoms with Crippen molar-refractivity contribution in [1.82, 2.24) is 9.80 Å². The van der Waals surface area contributed by atoms with Gasteiger partial charge in [-0.25, -0.2) is 9.59 Å². The molecule has 4 bridgehead atoms. The molecule has 0 radical (unpaired) electrons. The third-order valence-electron chi connectivity index (χ3n) is 7.89. The van der Waals surface area contributed by atoms with Crippen molar-refractivity contribution in [3.05, 3.63) is 38.2 Å². The number of likely N-dealkylation sites (tertiary alicyclic amines) is 2. The van der Waals surface area contributed by atoms with E-state index in [0.717, 1.165) is 29.1 Å². The largest absolute Gasteiger partial charge is 2.00 e. The molecule has 2 saturated heterocycles. The Hall–Kier alpha value is -3.67. The van der Waals surface area contributed by atoms with Gasteiger partial charge < -0.3 is 40.7 Å². The molecular weight excluding hydrogens is 739 g/mol. The van der Waals surface area contributed by atoms with Crippen LogP contribution in [0.3, 0.4) is 0 Å². The van der Waals surface area contributed by atoms with Crippen molar-refractivity contribution in [1.29, 1.82) is 0 Å². The van der Waals surface area contributed by atoms with E-state index in [1.807, 2.05) is 24.3 Å². The van der Waals surface area contributed by atoms with Gasteiger partial charge in [0.1, 0.15) is 13.1 Å². The van der Waals surface area contributed by atoms with Crippen LogP contribution >= 0.6 is 0 Å². The summed E-state index contributed by atoms with van der Waals surface area (Å²) in [6.45, 7) is 5.76. The van der Waals surface area contributed by atoms with Crippen LogP contribution in [0, 0.1) is 61.2 Å². The van der Waals surface area contributed by atoms with E-state index in [-0.39, 0.29) is 92.0 Å². The number of carboxylic acids is 4. The molecular formula is C27H30N2O12Pt. The number of hydrogen-bond donors (Lipinski definition) is 4. The smallest absolute Gasteiger partial charge is 0.480 e. The topological polar surface area (TPSA) is 224 Å². The fourth-order valence-electron chi connectivity index (χ4n) is 6.51. The maximum atomic E-state index is 11.9. The second kappa shape index (κ2) is 14.0. The van der Waals surface area contributed by atoms with Crippen LogP contribution in [0.2, 0.25) is 0 Å². The number of allylic oxidation sites excluding steroid dienone is 4. The van der Waals surface area contributed by atoms with E-state index in [1.165, 1.54) is 0 Å². The minimum Gasteiger partial charge on any atom is -0.480 e. The van der Waals surface area contributed by atoms with Gasteiger partial charge in [0.05, 0.1) is 23.7 Å². The summed E-state index contributed by atoms with van der Waals surface area (Å²) in [5, 5.41) is 32.1. The van der Waals surface area contributed by atoms with Crippen LogP contribution < -0.4 is 0 Å². The third kappa shape index (κ3) is 6.69. The number of nitrogens with zero attached hydrogens (tertiary/aromatic N) is 2. The molecule has 42 heavy (non-hydrogen) atoms. The van der Waals surface area contributed by atoms with Crippen LogP contribution in [0.5, 0.6) is 0 Å². The van der Waals surface area contributed by atoms with Gasteiger partial charge >= 0.3 is 44.9 Å². The van der Waals surface area contributed by atoms with Gasteiger partial charge in [0.2, 0.25) is 23.6 Å². The van der Waals surface area contributed by atoms with Crippen molar-refractivity contribution >= 4 is 47.5 Å². The predicted octanol–water partition coefficient (Wildman–Crippen LogP) is -0.0460. The number of carbonyl (C=O) groups is 8. The molecule has 6 rings (SSSR count). The second-order valence-corrected chi connectivity index (χ2v) is 10.3. The van der Waals surface area contributed by atoms with Crippen molar-refractivity contribution < 1.29 is 79.8 Å². The van der Waals surface area contributed by atoms with Crippen LogP contribution in [0.4, 0.5) is 0 Å². The Bertz CT molecular complexity index is 1080. The first kappa shape index (κ1) is 34.5. The minimum absolute atomic E-state index is 0. The molecule has 6 aliphatic rings. The molecule has 4 N–H and O–H groups in total. The number of rotatable bonds is 4. The van der Waals surface area contributed by atoms with Crippen LogP contribution in [0.15, 0.2) is 24.3 Å². The summed E-state index contributed by atoms with van der Waals surface area (Å²) in [4.78, 5) is 88.9. The summed E-state index contributed by atoms with van der Waals surface area (Å²) < 4.78 is 0. The number of aliphatic carboxylic acids is 4. The Kier molecular flexibility index (Phi) is 11.5. The molecule has 4 amide bonds. The fraction of sp³-hybridized carbons (Fsp3) is 0.481. The second-order valence-electron chi connectivity index (χ2n) is 10.3.